The highest BCUT2D eigenvalue weighted by atomic mass is 79.9. The lowest BCUT2D eigenvalue weighted by Crippen LogP contribution is -2.27. The molecule has 0 amide bonds. The molecule has 1 aromatic heterocycles. The smallest absolute Gasteiger partial charge is 0.243 e. The molecule has 0 spiro atoms. The fraction of sp³-hybridized carbons (Fsp3) is 0.308. The summed E-state index contributed by atoms with van der Waals surface area (Å²) in [5.41, 5.74) is 0.683. The summed E-state index contributed by atoms with van der Waals surface area (Å²) in [6.07, 6.45) is 1.53. The van der Waals surface area contributed by atoms with Crippen LogP contribution in [0.15, 0.2) is 39.8 Å². The largest absolute Gasteiger partial charge is 0.267 e. The Morgan fingerprint density at radius 3 is 2.52 bits per heavy atom. The Bertz CT molecular complexity index is 728. The van der Waals surface area contributed by atoms with Gasteiger partial charge in [0.25, 0.3) is 0 Å². The topological polar surface area (TPSA) is 55.2 Å². The molecule has 0 radical (unpaired) electrons. The average molecular weight is 393 g/mol. The lowest BCUT2D eigenvalue weighted by atomic mass is 10.4. The molecule has 0 unspecified atom stereocenters. The van der Waals surface area contributed by atoms with Crippen LogP contribution >= 0.6 is 27.5 Å². The first-order valence-electron chi connectivity index (χ1n) is 6.28. The highest BCUT2D eigenvalue weighted by molar-refractivity contribution is 9.10. The molecule has 1 heterocycles. The van der Waals surface area contributed by atoms with E-state index in [0.29, 0.717) is 17.3 Å². The maximum absolute atomic E-state index is 12.5. The van der Waals surface area contributed by atoms with Crippen molar-refractivity contribution in [3.63, 3.8) is 0 Å². The molecule has 0 aliphatic carbocycles. The van der Waals surface area contributed by atoms with Crippen molar-refractivity contribution in [3.05, 3.63) is 45.7 Å². The first-order valence-corrected chi connectivity index (χ1v) is 8.89. The monoisotopic (exact) mass is 391 g/mol. The van der Waals surface area contributed by atoms with Gasteiger partial charge in [-0.05, 0) is 31.2 Å². The third-order valence-electron chi connectivity index (χ3n) is 3.09. The Kier molecular flexibility index (Phi) is 5.08. The van der Waals surface area contributed by atoms with E-state index in [1.165, 1.54) is 17.5 Å². The van der Waals surface area contributed by atoms with Crippen molar-refractivity contribution in [3.8, 4) is 0 Å². The minimum Gasteiger partial charge on any atom is -0.267 e. The van der Waals surface area contributed by atoms with Crippen molar-refractivity contribution in [2.75, 3.05) is 7.05 Å². The number of halogens is 2. The number of nitrogens with zero attached hydrogens (tertiary/aromatic N) is 3. The minimum absolute atomic E-state index is 0.172. The number of aryl methyl sites for hydroxylation is 1. The van der Waals surface area contributed by atoms with E-state index in [9.17, 15) is 8.42 Å². The number of rotatable bonds is 5. The molecule has 0 aliphatic rings. The quantitative estimate of drug-likeness (QED) is 0.785. The van der Waals surface area contributed by atoms with Gasteiger partial charge in [-0.15, -0.1) is 0 Å². The maximum atomic E-state index is 12.5. The first kappa shape index (κ1) is 16.5. The molecular formula is C13H15BrClN3O2S. The number of sulfonamides is 1. The zero-order valence-electron chi connectivity index (χ0n) is 11.6. The van der Waals surface area contributed by atoms with Crippen LogP contribution in [0.1, 0.15) is 12.6 Å². The van der Waals surface area contributed by atoms with Gasteiger partial charge in [-0.3, -0.25) is 4.68 Å². The van der Waals surface area contributed by atoms with E-state index in [4.69, 9.17) is 11.6 Å². The summed E-state index contributed by atoms with van der Waals surface area (Å²) in [6.45, 7) is 2.73. The molecule has 0 bridgehead atoms. The predicted molar refractivity (Wildman–Crippen MR) is 85.7 cm³/mol. The first-order chi connectivity index (χ1) is 9.86. The van der Waals surface area contributed by atoms with Crippen LogP contribution in [0.2, 0.25) is 5.02 Å². The number of hydrogen-bond acceptors (Lipinski definition) is 3. The average Bonchev–Trinajstić information content (AvgIpc) is 2.80. The van der Waals surface area contributed by atoms with Crippen molar-refractivity contribution in [1.82, 2.24) is 14.1 Å². The Balaban J connectivity index is 2.28. The van der Waals surface area contributed by atoms with Crippen molar-refractivity contribution in [2.45, 2.75) is 24.9 Å². The van der Waals surface area contributed by atoms with Crippen LogP contribution in [0, 0.1) is 0 Å². The lowest BCUT2D eigenvalue weighted by Gasteiger charge is -2.18. The Labute approximate surface area is 137 Å². The summed E-state index contributed by atoms with van der Waals surface area (Å²) >= 11 is 9.36. The number of aromatic nitrogens is 2. The molecule has 0 N–H and O–H groups in total. The Hall–Kier alpha value is -0.890. The predicted octanol–water partition coefficient (Wildman–Crippen LogP) is 3.14. The summed E-state index contributed by atoms with van der Waals surface area (Å²) in [6, 6.07) is 6.53. The highest BCUT2D eigenvalue weighted by Gasteiger charge is 2.23. The van der Waals surface area contributed by atoms with Crippen LogP contribution in [0.3, 0.4) is 0 Å². The van der Waals surface area contributed by atoms with E-state index < -0.39 is 10.0 Å². The van der Waals surface area contributed by atoms with Crippen molar-refractivity contribution in [1.29, 1.82) is 0 Å². The fourth-order valence-electron chi connectivity index (χ4n) is 1.90. The zero-order valence-corrected chi connectivity index (χ0v) is 14.8. The minimum atomic E-state index is -3.56. The molecule has 21 heavy (non-hydrogen) atoms. The van der Waals surface area contributed by atoms with Crippen LogP contribution in [0.25, 0.3) is 0 Å². The van der Waals surface area contributed by atoms with Gasteiger partial charge in [0, 0.05) is 18.1 Å². The second kappa shape index (κ2) is 6.48. The normalized spacial score (nSPS) is 12.0. The molecule has 2 aromatic rings. The molecule has 5 nitrogen and oxygen atoms in total. The number of benzene rings is 1. The summed E-state index contributed by atoms with van der Waals surface area (Å²) in [4.78, 5) is 0.242. The van der Waals surface area contributed by atoms with Gasteiger partial charge in [0.05, 0.1) is 28.4 Å². The van der Waals surface area contributed by atoms with E-state index in [0.717, 1.165) is 4.47 Å². The molecule has 114 valence electrons. The second-order valence-electron chi connectivity index (χ2n) is 4.47. The summed E-state index contributed by atoms with van der Waals surface area (Å²) < 4.78 is 28.8. The van der Waals surface area contributed by atoms with Crippen LogP contribution in [0.4, 0.5) is 0 Å². The van der Waals surface area contributed by atoms with E-state index in [2.05, 4.69) is 21.0 Å². The maximum Gasteiger partial charge on any atom is 0.243 e. The second-order valence-corrected chi connectivity index (χ2v) is 7.84. The van der Waals surface area contributed by atoms with Crippen molar-refractivity contribution < 1.29 is 8.42 Å². The van der Waals surface area contributed by atoms with E-state index >= 15 is 0 Å². The molecule has 0 atom stereocenters. The van der Waals surface area contributed by atoms with Crippen LogP contribution in [0.5, 0.6) is 0 Å². The molecule has 8 heteroatoms. The lowest BCUT2D eigenvalue weighted by molar-refractivity contribution is 0.447. The van der Waals surface area contributed by atoms with Crippen LogP contribution < -0.4 is 0 Å². The molecule has 0 aliphatic heterocycles. The fourth-order valence-corrected chi connectivity index (χ4v) is 3.50. The van der Waals surface area contributed by atoms with Gasteiger partial charge in [-0.1, -0.05) is 27.5 Å². The van der Waals surface area contributed by atoms with Gasteiger partial charge >= 0.3 is 0 Å². The third-order valence-corrected chi connectivity index (χ3v) is 5.75. The van der Waals surface area contributed by atoms with E-state index in [-0.39, 0.29) is 11.4 Å². The molecule has 0 saturated carbocycles. The molecule has 2 rings (SSSR count). The van der Waals surface area contributed by atoms with Crippen molar-refractivity contribution in [2.24, 2.45) is 0 Å². The molecular weight excluding hydrogens is 378 g/mol. The standard InChI is InChI=1S/C13H15BrClN3O2S/c1-3-18-13(12(15)8-16-18)9-17(2)21(19,20)11-6-4-10(14)5-7-11/h4-8H,3,9H2,1-2H3. The van der Waals surface area contributed by atoms with Gasteiger partial charge < -0.3 is 0 Å². The SMILES string of the molecule is CCn1ncc(Cl)c1CN(C)S(=O)(=O)c1ccc(Br)cc1. The number of hydrogen-bond donors (Lipinski definition) is 0. The third kappa shape index (κ3) is 3.48. The molecule has 1 aromatic carbocycles. The summed E-state index contributed by atoms with van der Waals surface area (Å²) in [5, 5.41) is 4.58. The summed E-state index contributed by atoms with van der Waals surface area (Å²) in [5.74, 6) is 0. The van der Waals surface area contributed by atoms with E-state index in [1.54, 1.807) is 28.9 Å². The summed E-state index contributed by atoms with van der Waals surface area (Å²) in [7, 11) is -2.03. The van der Waals surface area contributed by atoms with Gasteiger partial charge in [-0.25, -0.2) is 8.42 Å². The zero-order chi connectivity index (χ0) is 15.6. The van der Waals surface area contributed by atoms with E-state index in [1.807, 2.05) is 6.92 Å². The molecule has 0 fully saturated rings. The van der Waals surface area contributed by atoms with Crippen LogP contribution in [-0.2, 0) is 23.1 Å². The van der Waals surface area contributed by atoms with Crippen LogP contribution in [-0.4, -0.2) is 29.6 Å². The van der Waals surface area contributed by atoms with Gasteiger partial charge in [-0.2, -0.15) is 9.40 Å². The van der Waals surface area contributed by atoms with Gasteiger partial charge in [0.15, 0.2) is 0 Å². The Morgan fingerprint density at radius 1 is 1.33 bits per heavy atom. The highest BCUT2D eigenvalue weighted by Crippen LogP contribution is 2.22. The van der Waals surface area contributed by atoms with Gasteiger partial charge in [0.1, 0.15) is 0 Å². The Morgan fingerprint density at radius 2 is 1.95 bits per heavy atom. The molecule has 0 saturated heterocycles. The van der Waals surface area contributed by atoms with Crippen molar-refractivity contribution >= 4 is 37.6 Å². The van der Waals surface area contributed by atoms with Gasteiger partial charge in [0.2, 0.25) is 10.0 Å².